The zero-order chi connectivity index (χ0) is 14.0. The van der Waals surface area contributed by atoms with Crippen LogP contribution in [0.25, 0.3) is 0 Å². The lowest BCUT2D eigenvalue weighted by molar-refractivity contribution is 0.0782. The number of nitrogens with one attached hydrogen (secondary N) is 1. The molecule has 2 heterocycles. The molecule has 1 amide bonds. The smallest absolute Gasteiger partial charge is 0.257 e. The molecule has 0 radical (unpaired) electrons. The Bertz CT molecular complexity index is 461. The highest BCUT2D eigenvalue weighted by Crippen LogP contribution is 2.23. The maximum absolute atomic E-state index is 12.6. The molecule has 5 heteroatoms. The van der Waals surface area contributed by atoms with E-state index in [2.05, 4.69) is 36.2 Å². The van der Waals surface area contributed by atoms with Crippen molar-refractivity contribution in [3.05, 3.63) is 24.0 Å². The molecule has 19 heavy (non-hydrogen) atoms. The number of likely N-dealkylation sites (tertiary alicyclic amines) is 1. The summed E-state index contributed by atoms with van der Waals surface area (Å²) in [7, 11) is 5.96. The predicted molar refractivity (Wildman–Crippen MR) is 76.3 cm³/mol. The Morgan fingerprint density at radius 1 is 1.47 bits per heavy atom. The summed E-state index contributed by atoms with van der Waals surface area (Å²) < 4.78 is 0. The number of hydrogen-bond acceptors (Lipinski definition) is 4. The first-order valence-electron chi connectivity index (χ1n) is 6.62. The van der Waals surface area contributed by atoms with Gasteiger partial charge < -0.3 is 15.1 Å². The van der Waals surface area contributed by atoms with E-state index in [4.69, 9.17) is 0 Å². The fourth-order valence-corrected chi connectivity index (χ4v) is 2.74. The lowest BCUT2D eigenvalue weighted by atomic mass is 10.1. The number of likely N-dealkylation sites (N-methyl/N-ethyl adjacent to an activating group) is 1. The van der Waals surface area contributed by atoms with Gasteiger partial charge in [0.25, 0.3) is 5.91 Å². The second-order valence-corrected chi connectivity index (χ2v) is 5.39. The monoisotopic (exact) mass is 262 g/mol. The normalized spacial score (nSPS) is 22.9. The average molecular weight is 262 g/mol. The molecule has 0 saturated carbocycles. The van der Waals surface area contributed by atoms with Crippen molar-refractivity contribution in [2.24, 2.45) is 5.92 Å². The summed E-state index contributed by atoms with van der Waals surface area (Å²) >= 11 is 0. The van der Waals surface area contributed by atoms with Gasteiger partial charge in [-0.1, -0.05) is 6.92 Å². The molecular formula is C14H22N4O. The Labute approximate surface area is 114 Å². The summed E-state index contributed by atoms with van der Waals surface area (Å²) in [5.74, 6) is 0.558. The Morgan fingerprint density at radius 3 is 2.79 bits per heavy atom. The van der Waals surface area contributed by atoms with E-state index in [0.717, 1.165) is 18.8 Å². The van der Waals surface area contributed by atoms with Crippen molar-refractivity contribution in [3.8, 4) is 0 Å². The maximum atomic E-state index is 12.6. The van der Waals surface area contributed by atoms with E-state index in [9.17, 15) is 4.79 Å². The molecular weight excluding hydrogens is 240 g/mol. The van der Waals surface area contributed by atoms with Crippen LogP contribution in [0.2, 0.25) is 0 Å². The zero-order valence-corrected chi connectivity index (χ0v) is 12.1. The fourth-order valence-electron chi connectivity index (χ4n) is 2.74. The van der Waals surface area contributed by atoms with Crippen molar-refractivity contribution >= 4 is 11.6 Å². The van der Waals surface area contributed by atoms with E-state index in [1.54, 1.807) is 12.4 Å². The second-order valence-electron chi connectivity index (χ2n) is 5.39. The molecule has 0 aromatic carbocycles. The summed E-state index contributed by atoms with van der Waals surface area (Å²) in [5, 5.41) is 3.05. The van der Waals surface area contributed by atoms with Crippen LogP contribution in [0.4, 0.5) is 5.69 Å². The van der Waals surface area contributed by atoms with Gasteiger partial charge in [0.2, 0.25) is 0 Å². The van der Waals surface area contributed by atoms with Crippen LogP contribution in [-0.2, 0) is 0 Å². The Kier molecular flexibility index (Phi) is 4.04. The lowest BCUT2D eigenvalue weighted by Crippen LogP contribution is -2.36. The number of hydrogen-bond donors (Lipinski definition) is 1. The highest BCUT2D eigenvalue weighted by Gasteiger charge is 2.34. The Balaban J connectivity index is 2.17. The molecule has 2 unspecified atom stereocenters. The lowest BCUT2D eigenvalue weighted by Gasteiger charge is -2.22. The van der Waals surface area contributed by atoms with Gasteiger partial charge >= 0.3 is 0 Å². The quantitative estimate of drug-likeness (QED) is 0.887. The summed E-state index contributed by atoms with van der Waals surface area (Å²) in [6, 6.07) is 2.26. The highest BCUT2D eigenvalue weighted by molar-refractivity contribution is 5.99. The van der Waals surface area contributed by atoms with Gasteiger partial charge in [0.1, 0.15) is 0 Å². The van der Waals surface area contributed by atoms with Crippen LogP contribution in [0, 0.1) is 5.92 Å². The van der Waals surface area contributed by atoms with Gasteiger partial charge in [-0.05, 0) is 26.1 Å². The highest BCUT2D eigenvalue weighted by atomic mass is 16.2. The largest absolute Gasteiger partial charge is 0.387 e. The number of pyridine rings is 1. The number of anilines is 1. The summed E-state index contributed by atoms with van der Waals surface area (Å²) in [5.41, 5.74) is 1.48. The number of aromatic nitrogens is 1. The molecule has 2 atom stereocenters. The van der Waals surface area contributed by atoms with Crippen LogP contribution in [-0.4, -0.2) is 61.0 Å². The number of carbonyl (C=O) groups is 1. The van der Waals surface area contributed by atoms with E-state index in [1.165, 1.54) is 0 Å². The van der Waals surface area contributed by atoms with Crippen LogP contribution in [0.3, 0.4) is 0 Å². The standard InChI is InChI=1S/C14H22N4O/c1-10-8-18(9-13(10)17(3)4)14(19)11-7-16-6-5-12(11)15-2/h5-7,10,13H,8-9H2,1-4H3,(H,15,16). The molecule has 1 aliphatic rings. The zero-order valence-electron chi connectivity index (χ0n) is 12.1. The van der Waals surface area contributed by atoms with Gasteiger partial charge in [-0.3, -0.25) is 9.78 Å². The third-order valence-electron chi connectivity index (χ3n) is 3.84. The number of rotatable bonds is 3. The van der Waals surface area contributed by atoms with Crippen molar-refractivity contribution in [1.29, 1.82) is 0 Å². The molecule has 1 aromatic rings. The van der Waals surface area contributed by atoms with Crippen molar-refractivity contribution in [3.63, 3.8) is 0 Å². The van der Waals surface area contributed by atoms with Gasteiger partial charge in [0, 0.05) is 44.3 Å². The van der Waals surface area contributed by atoms with Gasteiger partial charge in [0.15, 0.2) is 0 Å². The van der Waals surface area contributed by atoms with Gasteiger partial charge in [-0.2, -0.15) is 0 Å². The molecule has 1 aliphatic heterocycles. The van der Waals surface area contributed by atoms with Crippen LogP contribution >= 0.6 is 0 Å². The van der Waals surface area contributed by atoms with E-state index in [1.807, 2.05) is 18.0 Å². The molecule has 1 aromatic heterocycles. The molecule has 5 nitrogen and oxygen atoms in total. The minimum Gasteiger partial charge on any atom is -0.387 e. The third-order valence-corrected chi connectivity index (χ3v) is 3.84. The molecule has 104 valence electrons. The third kappa shape index (κ3) is 2.71. The maximum Gasteiger partial charge on any atom is 0.257 e. The van der Waals surface area contributed by atoms with Gasteiger partial charge in [0.05, 0.1) is 5.56 Å². The van der Waals surface area contributed by atoms with Gasteiger partial charge in [-0.15, -0.1) is 0 Å². The first-order valence-corrected chi connectivity index (χ1v) is 6.62. The molecule has 0 aliphatic carbocycles. The first-order chi connectivity index (χ1) is 9.04. The minimum absolute atomic E-state index is 0.0636. The summed E-state index contributed by atoms with van der Waals surface area (Å²) in [4.78, 5) is 20.7. The minimum atomic E-state index is 0.0636. The van der Waals surface area contributed by atoms with E-state index in [-0.39, 0.29) is 5.91 Å². The molecule has 0 bridgehead atoms. The summed E-state index contributed by atoms with van der Waals surface area (Å²) in [6.45, 7) is 3.78. The van der Waals surface area contributed by atoms with E-state index < -0.39 is 0 Å². The molecule has 1 fully saturated rings. The van der Waals surface area contributed by atoms with Crippen molar-refractivity contribution in [2.45, 2.75) is 13.0 Å². The fraction of sp³-hybridized carbons (Fsp3) is 0.571. The number of nitrogens with zero attached hydrogens (tertiary/aromatic N) is 3. The average Bonchev–Trinajstić information content (AvgIpc) is 2.80. The number of carbonyl (C=O) groups excluding carboxylic acids is 1. The Morgan fingerprint density at radius 2 is 2.21 bits per heavy atom. The molecule has 1 N–H and O–H groups in total. The SMILES string of the molecule is CNc1ccncc1C(=O)N1CC(C)C(N(C)C)C1. The first kappa shape index (κ1) is 13.8. The van der Waals surface area contributed by atoms with Crippen LogP contribution in [0.5, 0.6) is 0 Å². The number of amides is 1. The van der Waals surface area contributed by atoms with Gasteiger partial charge in [-0.25, -0.2) is 0 Å². The van der Waals surface area contributed by atoms with Crippen LogP contribution in [0.15, 0.2) is 18.5 Å². The second kappa shape index (κ2) is 5.57. The molecule has 0 spiro atoms. The van der Waals surface area contributed by atoms with Crippen molar-refractivity contribution in [1.82, 2.24) is 14.8 Å². The predicted octanol–water partition coefficient (Wildman–Crippen LogP) is 1.15. The van der Waals surface area contributed by atoms with Crippen molar-refractivity contribution < 1.29 is 4.79 Å². The van der Waals surface area contributed by atoms with Crippen LogP contribution < -0.4 is 5.32 Å². The Hall–Kier alpha value is -1.62. The topological polar surface area (TPSA) is 48.5 Å². The van der Waals surface area contributed by atoms with Crippen molar-refractivity contribution in [2.75, 3.05) is 39.5 Å². The van der Waals surface area contributed by atoms with E-state index >= 15 is 0 Å². The van der Waals surface area contributed by atoms with Crippen LogP contribution in [0.1, 0.15) is 17.3 Å². The van der Waals surface area contributed by atoms with E-state index in [0.29, 0.717) is 17.5 Å². The molecule has 1 saturated heterocycles. The summed E-state index contributed by atoms with van der Waals surface area (Å²) in [6.07, 6.45) is 3.33. The molecule has 2 rings (SSSR count).